The zero-order chi connectivity index (χ0) is 24.4. The second kappa shape index (κ2) is 12.9. The summed E-state index contributed by atoms with van der Waals surface area (Å²) in [7, 11) is 0. The number of ether oxygens (including phenoxy) is 2. The van der Waals surface area contributed by atoms with E-state index in [2.05, 4.69) is 26.9 Å². The highest BCUT2D eigenvalue weighted by molar-refractivity contribution is 5.75. The Balaban J connectivity index is 2.02. The van der Waals surface area contributed by atoms with Crippen LogP contribution in [0, 0.1) is 11.8 Å². The first-order chi connectivity index (χ1) is 15.7. The molecule has 33 heavy (non-hydrogen) atoms. The zero-order valence-corrected chi connectivity index (χ0v) is 19.7. The first-order valence-corrected chi connectivity index (χ1v) is 11.6. The molecule has 1 unspecified atom stereocenters. The molecule has 0 fully saturated rings. The third kappa shape index (κ3) is 8.16. The molecule has 0 saturated carbocycles. The third-order valence-electron chi connectivity index (χ3n) is 5.67. The highest BCUT2D eigenvalue weighted by Gasteiger charge is 2.22. The van der Waals surface area contributed by atoms with Gasteiger partial charge in [0, 0.05) is 18.8 Å². The van der Waals surface area contributed by atoms with E-state index in [1.54, 1.807) is 0 Å². The largest absolute Gasteiger partial charge is 0.465 e. The average molecular weight is 465 g/mol. The fourth-order valence-corrected chi connectivity index (χ4v) is 3.30. The van der Waals surface area contributed by atoms with Crippen LogP contribution in [0.3, 0.4) is 0 Å². The molecule has 2 aromatic rings. The standard InChI is InChI=1S/C22H36N6O5/c1-4-6-7-8-16(29)33-12-14(9-10-32-21(31)17(23)13(3)5-2)11-15-25-18-19(26-15)27-22(24)28-20(18)30/h13-14,17H,4-12,23H2,1-3H3,(H4,24,25,26,27,28,30)/t13-,14?,17-/m0/s1. The van der Waals surface area contributed by atoms with E-state index in [0.717, 1.165) is 25.7 Å². The highest BCUT2D eigenvalue weighted by Crippen LogP contribution is 2.15. The lowest BCUT2D eigenvalue weighted by molar-refractivity contribution is -0.149. The highest BCUT2D eigenvalue weighted by atomic mass is 16.5. The van der Waals surface area contributed by atoms with E-state index in [0.29, 0.717) is 25.1 Å². The van der Waals surface area contributed by atoms with Crippen LogP contribution in [0.25, 0.3) is 11.2 Å². The van der Waals surface area contributed by atoms with Crippen LogP contribution in [0.1, 0.15) is 65.1 Å². The van der Waals surface area contributed by atoms with E-state index in [1.807, 2.05) is 13.8 Å². The molecule has 2 heterocycles. The van der Waals surface area contributed by atoms with Crippen LogP contribution in [0.4, 0.5) is 5.95 Å². The van der Waals surface area contributed by atoms with Crippen molar-refractivity contribution in [2.24, 2.45) is 17.6 Å². The Hall–Kier alpha value is -2.95. The normalized spacial score (nSPS) is 14.1. The molecule has 2 aromatic heterocycles. The summed E-state index contributed by atoms with van der Waals surface area (Å²) >= 11 is 0. The Morgan fingerprint density at radius 2 is 1.88 bits per heavy atom. The van der Waals surface area contributed by atoms with Crippen LogP contribution in [-0.2, 0) is 25.5 Å². The van der Waals surface area contributed by atoms with Gasteiger partial charge in [0.05, 0.1) is 13.2 Å². The molecule has 184 valence electrons. The van der Waals surface area contributed by atoms with Crippen molar-refractivity contribution in [1.82, 2.24) is 19.9 Å². The number of nitrogen functional groups attached to an aromatic ring is 1. The van der Waals surface area contributed by atoms with Gasteiger partial charge in [-0.25, -0.2) is 4.98 Å². The maximum atomic E-state index is 12.2. The second-order valence-corrected chi connectivity index (χ2v) is 8.41. The number of nitrogens with two attached hydrogens (primary N) is 2. The molecule has 0 radical (unpaired) electrons. The van der Waals surface area contributed by atoms with Gasteiger partial charge in [-0.1, -0.05) is 40.0 Å². The third-order valence-corrected chi connectivity index (χ3v) is 5.67. The minimum atomic E-state index is -0.677. The van der Waals surface area contributed by atoms with Gasteiger partial charge in [0.25, 0.3) is 5.56 Å². The van der Waals surface area contributed by atoms with Crippen LogP contribution < -0.4 is 17.0 Å². The average Bonchev–Trinajstić information content (AvgIpc) is 3.18. The number of hydrogen-bond donors (Lipinski definition) is 4. The van der Waals surface area contributed by atoms with E-state index in [4.69, 9.17) is 20.9 Å². The van der Waals surface area contributed by atoms with E-state index in [9.17, 15) is 14.4 Å². The number of aromatic nitrogens is 4. The summed E-state index contributed by atoms with van der Waals surface area (Å²) in [4.78, 5) is 50.0. The van der Waals surface area contributed by atoms with Gasteiger partial charge in [0.15, 0.2) is 11.2 Å². The fourth-order valence-electron chi connectivity index (χ4n) is 3.30. The molecule has 0 aromatic carbocycles. The molecule has 0 aliphatic rings. The van der Waals surface area contributed by atoms with Crippen molar-refractivity contribution in [3.05, 3.63) is 16.2 Å². The quantitative estimate of drug-likeness (QED) is 0.239. The molecule has 0 spiro atoms. The molecule has 0 aliphatic heterocycles. The number of hydrogen-bond acceptors (Lipinski definition) is 9. The number of unbranched alkanes of at least 4 members (excludes halogenated alkanes) is 2. The number of esters is 2. The van der Waals surface area contributed by atoms with Gasteiger partial charge in [-0.3, -0.25) is 19.4 Å². The molecule has 6 N–H and O–H groups in total. The van der Waals surface area contributed by atoms with Gasteiger partial charge in [-0.15, -0.1) is 0 Å². The Kier molecular flexibility index (Phi) is 10.3. The molecule has 11 nitrogen and oxygen atoms in total. The number of anilines is 1. The van der Waals surface area contributed by atoms with Crippen LogP contribution in [0.2, 0.25) is 0 Å². The van der Waals surface area contributed by atoms with Crippen molar-refractivity contribution < 1.29 is 19.1 Å². The van der Waals surface area contributed by atoms with E-state index in [-0.39, 0.29) is 48.1 Å². The summed E-state index contributed by atoms with van der Waals surface area (Å²) in [6, 6.07) is -0.677. The monoisotopic (exact) mass is 464 g/mol. The Morgan fingerprint density at radius 3 is 2.58 bits per heavy atom. The summed E-state index contributed by atoms with van der Waals surface area (Å²) < 4.78 is 10.8. The van der Waals surface area contributed by atoms with Gasteiger partial charge < -0.3 is 25.9 Å². The SMILES string of the molecule is CCCCCC(=O)OCC(CCOC(=O)[C@@H](N)[C@@H](C)CC)Cc1nc2nc(N)[nH]c(=O)c2[nH]1. The molecule has 0 saturated heterocycles. The summed E-state index contributed by atoms with van der Waals surface area (Å²) in [5.74, 6) is -0.402. The van der Waals surface area contributed by atoms with Crippen LogP contribution in [-0.4, -0.2) is 51.1 Å². The molecular weight excluding hydrogens is 428 g/mol. The fraction of sp³-hybridized carbons (Fsp3) is 0.682. The summed E-state index contributed by atoms with van der Waals surface area (Å²) in [6.07, 6.45) is 4.71. The Labute approximate surface area is 193 Å². The predicted molar refractivity (Wildman–Crippen MR) is 124 cm³/mol. The van der Waals surface area contributed by atoms with Crippen molar-refractivity contribution in [3.63, 3.8) is 0 Å². The van der Waals surface area contributed by atoms with E-state index in [1.165, 1.54) is 0 Å². The van der Waals surface area contributed by atoms with Crippen molar-refractivity contribution >= 4 is 29.1 Å². The number of rotatable bonds is 14. The van der Waals surface area contributed by atoms with Gasteiger partial charge in [-0.2, -0.15) is 4.98 Å². The van der Waals surface area contributed by atoms with Crippen LogP contribution >= 0.6 is 0 Å². The Bertz CT molecular complexity index is 972. The lowest BCUT2D eigenvalue weighted by atomic mass is 10.0. The molecule has 0 amide bonds. The number of fused-ring (bicyclic) bond motifs is 1. The zero-order valence-electron chi connectivity index (χ0n) is 19.7. The molecular formula is C22H36N6O5. The minimum Gasteiger partial charge on any atom is -0.465 e. The Morgan fingerprint density at radius 1 is 1.12 bits per heavy atom. The number of aromatic amines is 2. The minimum absolute atomic E-state index is 0.0194. The second-order valence-electron chi connectivity index (χ2n) is 8.41. The van der Waals surface area contributed by atoms with Crippen LogP contribution in [0.5, 0.6) is 0 Å². The number of nitrogens with zero attached hydrogens (tertiary/aromatic N) is 2. The van der Waals surface area contributed by atoms with Crippen molar-refractivity contribution in [1.29, 1.82) is 0 Å². The van der Waals surface area contributed by atoms with Crippen LogP contribution in [0.15, 0.2) is 4.79 Å². The predicted octanol–water partition coefficient (Wildman–Crippen LogP) is 1.82. The van der Waals surface area contributed by atoms with E-state index >= 15 is 0 Å². The van der Waals surface area contributed by atoms with Gasteiger partial charge >= 0.3 is 11.9 Å². The van der Waals surface area contributed by atoms with Crippen molar-refractivity contribution in [2.75, 3.05) is 18.9 Å². The maximum absolute atomic E-state index is 12.2. The topological polar surface area (TPSA) is 179 Å². The number of imidazole rings is 1. The smallest absolute Gasteiger partial charge is 0.323 e. The van der Waals surface area contributed by atoms with Crippen molar-refractivity contribution in [2.45, 2.75) is 71.8 Å². The number of H-pyrrole nitrogens is 2. The van der Waals surface area contributed by atoms with Crippen molar-refractivity contribution in [3.8, 4) is 0 Å². The number of carbonyl (C=O) groups excluding carboxylic acids is 2. The van der Waals surface area contributed by atoms with Gasteiger partial charge in [0.1, 0.15) is 11.9 Å². The molecule has 2 rings (SSSR count). The molecule has 0 aliphatic carbocycles. The van der Waals surface area contributed by atoms with Gasteiger partial charge in [0.2, 0.25) is 5.95 Å². The molecule has 0 bridgehead atoms. The first kappa shape index (κ1) is 26.3. The maximum Gasteiger partial charge on any atom is 0.323 e. The number of nitrogens with one attached hydrogen (secondary N) is 2. The molecule has 3 atom stereocenters. The van der Waals surface area contributed by atoms with Gasteiger partial charge in [-0.05, 0) is 18.8 Å². The summed E-state index contributed by atoms with van der Waals surface area (Å²) in [5.41, 5.74) is 11.5. The number of carbonyl (C=O) groups is 2. The lowest BCUT2D eigenvalue weighted by Crippen LogP contribution is -2.38. The van der Waals surface area contributed by atoms with E-state index < -0.39 is 17.6 Å². The lowest BCUT2D eigenvalue weighted by Gasteiger charge is -2.19. The summed E-state index contributed by atoms with van der Waals surface area (Å²) in [5, 5.41) is 0. The first-order valence-electron chi connectivity index (χ1n) is 11.6. The summed E-state index contributed by atoms with van der Waals surface area (Å²) in [6.45, 7) is 6.20. The molecule has 11 heteroatoms.